The molecule has 27 heavy (non-hydrogen) atoms. The molecule has 148 valence electrons. The SMILES string of the molecule is CCOCCCNC(=O)C1CCCN(c2nc(C)nc3oc(C)c(C)c23)C1. The highest BCUT2D eigenvalue weighted by Gasteiger charge is 2.28. The number of rotatable bonds is 7. The Labute approximate surface area is 160 Å². The van der Waals surface area contributed by atoms with Gasteiger partial charge in [-0.05, 0) is 47.0 Å². The number of anilines is 1. The number of nitrogens with zero attached hydrogens (tertiary/aromatic N) is 3. The molecule has 3 heterocycles. The number of amides is 1. The van der Waals surface area contributed by atoms with Gasteiger partial charge in [0.25, 0.3) is 0 Å². The van der Waals surface area contributed by atoms with Crippen LogP contribution in [0.1, 0.15) is 43.3 Å². The van der Waals surface area contributed by atoms with Crippen molar-refractivity contribution in [2.75, 3.05) is 37.7 Å². The van der Waals surface area contributed by atoms with Gasteiger partial charge in [0, 0.05) is 38.4 Å². The number of carbonyl (C=O) groups excluding carboxylic acids is 1. The van der Waals surface area contributed by atoms with Crippen molar-refractivity contribution in [2.45, 2.75) is 47.0 Å². The van der Waals surface area contributed by atoms with Gasteiger partial charge in [0.2, 0.25) is 11.6 Å². The summed E-state index contributed by atoms with van der Waals surface area (Å²) in [6.07, 6.45) is 2.72. The Morgan fingerprint density at radius 1 is 1.33 bits per heavy atom. The molecule has 0 spiro atoms. The van der Waals surface area contributed by atoms with Crippen LogP contribution in [0.5, 0.6) is 0 Å². The van der Waals surface area contributed by atoms with Crippen LogP contribution in [0.15, 0.2) is 4.42 Å². The predicted molar refractivity (Wildman–Crippen MR) is 105 cm³/mol. The average molecular weight is 374 g/mol. The number of hydrogen-bond donors (Lipinski definition) is 1. The molecule has 2 aromatic heterocycles. The van der Waals surface area contributed by atoms with Gasteiger partial charge in [0.05, 0.1) is 11.3 Å². The van der Waals surface area contributed by atoms with Crippen LogP contribution in [0.3, 0.4) is 0 Å². The van der Waals surface area contributed by atoms with Crippen molar-refractivity contribution >= 4 is 22.8 Å². The quantitative estimate of drug-likeness (QED) is 0.751. The highest BCUT2D eigenvalue weighted by atomic mass is 16.5. The molecule has 0 radical (unpaired) electrons. The lowest BCUT2D eigenvalue weighted by Crippen LogP contribution is -2.43. The number of furan rings is 1. The lowest BCUT2D eigenvalue weighted by atomic mass is 9.96. The summed E-state index contributed by atoms with van der Waals surface area (Å²) in [6.45, 7) is 11.5. The van der Waals surface area contributed by atoms with Crippen molar-refractivity contribution in [2.24, 2.45) is 5.92 Å². The van der Waals surface area contributed by atoms with Crippen molar-refractivity contribution in [1.29, 1.82) is 0 Å². The largest absolute Gasteiger partial charge is 0.443 e. The number of ether oxygens (including phenoxy) is 1. The Kier molecular flexibility index (Phi) is 6.31. The van der Waals surface area contributed by atoms with Crippen molar-refractivity contribution in [1.82, 2.24) is 15.3 Å². The van der Waals surface area contributed by atoms with E-state index in [0.29, 0.717) is 37.8 Å². The van der Waals surface area contributed by atoms with Crippen LogP contribution < -0.4 is 10.2 Å². The van der Waals surface area contributed by atoms with E-state index in [0.717, 1.165) is 48.3 Å². The highest BCUT2D eigenvalue weighted by molar-refractivity contribution is 5.90. The maximum Gasteiger partial charge on any atom is 0.231 e. The number of carbonyl (C=O) groups is 1. The van der Waals surface area contributed by atoms with Gasteiger partial charge in [0.1, 0.15) is 17.4 Å². The maximum absolute atomic E-state index is 12.6. The zero-order chi connectivity index (χ0) is 19.4. The minimum Gasteiger partial charge on any atom is -0.443 e. The Hall–Kier alpha value is -2.15. The third-order valence-electron chi connectivity index (χ3n) is 5.18. The van der Waals surface area contributed by atoms with Crippen molar-refractivity contribution < 1.29 is 13.9 Å². The van der Waals surface area contributed by atoms with Gasteiger partial charge in [-0.3, -0.25) is 4.79 Å². The van der Waals surface area contributed by atoms with Gasteiger partial charge in [-0.15, -0.1) is 0 Å². The molecule has 1 aliphatic rings. The first-order valence-electron chi connectivity index (χ1n) is 9.86. The molecule has 1 saturated heterocycles. The molecule has 1 aliphatic heterocycles. The summed E-state index contributed by atoms with van der Waals surface area (Å²) in [4.78, 5) is 23.9. The average Bonchev–Trinajstić information content (AvgIpc) is 2.94. The number of fused-ring (bicyclic) bond motifs is 1. The van der Waals surface area contributed by atoms with E-state index in [2.05, 4.69) is 15.2 Å². The molecule has 1 atom stereocenters. The van der Waals surface area contributed by atoms with E-state index in [-0.39, 0.29) is 11.8 Å². The van der Waals surface area contributed by atoms with Gasteiger partial charge >= 0.3 is 0 Å². The first kappa shape index (κ1) is 19.6. The minimum atomic E-state index is -0.0236. The fourth-order valence-electron chi connectivity index (χ4n) is 3.62. The summed E-state index contributed by atoms with van der Waals surface area (Å²) in [5, 5.41) is 4.02. The summed E-state index contributed by atoms with van der Waals surface area (Å²) in [7, 11) is 0. The van der Waals surface area contributed by atoms with Gasteiger partial charge in [-0.25, -0.2) is 4.98 Å². The van der Waals surface area contributed by atoms with Crippen LogP contribution in [0.4, 0.5) is 5.82 Å². The first-order chi connectivity index (χ1) is 13.0. The zero-order valence-electron chi connectivity index (χ0n) is 16.8. The molecule has 7 heteroatoms. The normalized spacial score (nSPS) is 17.5. The lowest BCUT2D eigenvalue weighted by Gasteiger charge is -2.33. The number of aromatic nitrogens is 2. The Balaban J connectivity index is 1.71. The summed E-state index contributed by atoms with van der Waals surface area (Å²) in [6, 6.07) is 0. The van der Waals surface area contributed by atoms with E-state index in [1.54, 1.807) is 0 Å². The van der Waals surface area contributed by atoms with Crippen LogP contribution in [0, 0.1) is 26.7 Å². The molecule has 0 aliphatic carbocycles. The predicted octanol–water partition coefficient (Wildman–Crippen LogP) is 2.91. The standard InChI is InChI=1S/C20H30N4O3/c1-5-26-11-7-9-21-19(25)16-8-6-10-24(12-16)18-17-13(2)14(3)27-20(17)23-15(4)22-18/h16H,5-12H2,1-4H3,(H,21,25). The second-order valence-electron chi connectivity index (χ2n) is 7.18. The molecular weight excluding hydrogens is 344 g/mol. The Morgan fingerprint density at radius 3 is 2.93 bits per heavy atom. The van der Waals surface area contributed by atoms with Crippen LogP contribution in [0.2, 0.25) is 0 Å². The van der Waals surface area contributed by atoms with Gasteiger partial charge in [0.15, 0.2) is 0 Å². The van der Waals surface area contributed by atoms with E-state index < -0.39 is 0 Å². The molecule has 3 rings (SSSR count). The second kappa shape index (κ2) is 8.69. The van der Waals surface area contributed by atoms with Crippen molar-refractivity contribution in [3.8, 4) is 0 Å². The highest BCUT2D eigenvalue weighted by Crippen LogP contribution is 2.33. The van der Waals surface area contributed by atoms with Crippen molar-refractivity contribution in [3.63, 3.8) is 0 Å². The van der Waals surface area contributed by atoms with E-state index in [4.69, 9.17) is 14.1 Å². The smallest absolute Gasteiger partial charge is 0.231 e. The topological polar surface area (TPSA) is 80.5 Å². The molecule has 0 aromatic carbocycles. The molecule has 1 fully saturated rings. The molecule has 0 bridgehead atoms. The van der Waals surface area contributed by atoms with Crippen LogP contribution in [-0.4, -0.2) is 48.7 Å². The molecular formula is C20H30N4O3. The summed E-state index contributed by atoms with van der Waals surface area (Å²) < 4.78 is 11.1. The van der Waals surface area contributed by atoms with Gasteiger partial charge in [-0.2, -0.15) is 4.98 Å². The van der Waals surface area contributed by atoms with Gasteiger partial charge in [-0.1, -0.05) is 0 Å². The minimum absolute atomic E-state index is 0.0236. The van der Waals surface area contributed by atoms with Gasteiger partial charge < -0.3 is 19.4 Å². The lowest BCUT2D eigenvalue weighted by molar-refractivity contribution is -0.125. The Morgan fingerprint density at radius 2 is 2.15 bits per heavy atom. The fraction of sp³-hybridized carbons (Fsp3) is 0.650. The second-order valence-corrected chi connectivity index (χ2v) is 7.18. The number of hydrogen-bond acceptors (Lipinski definition) is 6. The molecule has 2 aromatic rings. The monoisotopic (exact) mass is 374 g/mol. The van der Waals surface area contributed by atoms with Crippen LogP contribution >= 0.6 is 0 Å². The summed E-state index contributed by atoms with van der Waals surface area (Å²) in [5.74, 6) is 2.55. The molecule has 7 nitrogen and oxygen atoms in total. The van der Waals surface area contributed by atoms with E-state index >= 15 is 0 Å². The van der Waals surface area contributed by atoms with E-state index in [1.165, 1.54) is 0 Å². The number of nitrogens with one attached hydrogen (secondary N) is 1. The zero-order valence-corrected chi connectivity index (χ0v) is 16.8. The third kappa shape index (κ3) is 4.40. The molecule has 1 N–H and O–H groups in total. The molecule has 0 saturated carbocycles. The molecule has 1 amide bonds. The maximum atomic E-state index is 12.6. The van der Waals surface area contributed by atoms with E-state index in [1.807, 2.05) is 27.7 Å². The number of aryl methyl sites for hydroxylation is 3. The first-order valence-corrected chi connectivity index (χ1v) is 9.86. The van der Waals surface area contributed by atoms with E-state index in [9.17, 15) is 4.79 Å². The number of piperidine rings is 1. The summed E-state index contributed by atoms with van der Waals surface area (Å²) in [5.41, 5.74) is 1.71. The molecule has 1 unspecified atom stereocenters. The van der Waals surface area contributed by atoms with Crippen LogP contribution in [0.25, 0.3) is 11.1 Å². The fourth-order valence-corrected chi connectivity index (χ4v) is 3.62. The summed E-state index contributed by atoms with van der Waals surface area (Å²) >= 11 is 0. The third-order valence-corrected chi connectivity index (χ3v) is 5.18. The van der Waals surface area contributed by atoms with Crippen LogP contribution in [-0.2, 0) is 9.53 Å². The van der Waals surface area contributed by atoms with Crippen molar-refractivity contribution in [3.05, 3.63) is 17.1 Å². The Bertz CT molecular complexity index is 802.